The van der Waals surface area contributed by atoms with E-state index < -0.39 is 5.60 Å². The largest absolute Gasteiger partial charge is 0.507 e. The van der Waals surface area contributed by atoms with E-state index in [9.17, 15) is 9.90 Å². The number of carbonyl (C=O) groups excluding carboxylic acids is 1. The van der Waals surface area contributed by atoms with Crippen LogP contribution in [0.2, 0.25) is 0 Å². The van der Waals surface area contributed by atoms with Crippen LogP contribution in [0.15, 0.2) is 48.7 Å². The Hall–Kier alpha value is -4.41. The molecule has 11 nitrogen and oxygen atoms in total. The Morgan fingerprint density at radius 2 is 1.74 bits per heavy atom. The van der Waals surface area contributed by atoms with Crippen molar-refractivity contribution in [3.05, 3.63) is 54.2 Å². The van der Waals surface area contributed by atoms with Gasteiger partial charge in [-0.15, -0.1) is 10.2 Å². The number of ether oxygens (including phenoxy) is 1. The van der Waals surface area contributed by atoms with E-state index in [-0.39, 0.29) is 17.9 Å². The van der Waals surface area contributed by atoms with Crippen LogP contribution in [0.4, 0.5) is 16.4 Å². The second kappa shape index (κ2) is 11.7. The quantitative estimate of drug-likeness (QED) is 0.309. The molecule has 2 N–H and O–H groups in total. The lowest BCUT2D eigenvalue weighted by Crippen LogP contribution is -2.41. The van der Waals surface area contributed by atoms with Crippen LogP contribution in [-0.4, -0.2) is 79.9 Å². The van der Waals surface area contributed by atoms with Crippen molar-refractivity contribution in [2.75, 3.05) is 43.4 Å². The van der Waals surface area contributed by atoms with Crippen LogP contribution < -0.4 is 10.2 Å². The maximum absolute atomic E-state index is 12.4. The van der Waals surface area contributed by atoms with Gasteiger partial charge in [0.25, 0.3) is 0 Å². The average molecular weight is 585 g/mol. The van der Waals surface area contributed by atoms with Gasteiger partial charge in [-0.2, -0.15) is 5.10 Å². The van der Waals surface area contributed by atoms with Crippen molar-refractivity contribution >= 4 is 28.8 Å². The van der Waals surface area contributed by atoms with Crippen molar-refractivity contribution in [2.24, 2.45) is 0 Å². The number of hydrogen-bond donors (Lipinski definition) is 2. The van der Waals surface area contributed by atoms with Crippen molar-refractivity contribution in [3.8, 4) is 17.0 Å². The summed E-state index contributed by atoms with van der Waals surface area (Å²) >= 11 is 0. The number of phenolic OH excluding ortho intramolecular Hbond substituents is 1. The van der Waals surface area contributed by atoms with E-state index in [1.54, 1.807) is 12.1 Å². The highest BCUT2D eigenvalue weighted by Gasteiger charge is 2.29. The second-order valence-electron chi connectivity index (χ2n) is 12.4. The van der Waals surface area contributed by atoms with Gasteiger partial charge in [0, 0.05) is 45.0 Å². The monoisotopic (exact) mass is 584 g/mol. The molecule has 6 rings (SSSR count). The van der Waals surface area contributed by atoms with E-state index in [4.69, 9.17) is 14.8 Å². The number of phenols is 1. The molecule has 2 saturated heterocycles. The number of hydrogen-bond acceptors (Lipinski definition) is 9. The zero-order valence-corrected chi connectivity index (χ0v) is 25.3. The third-order valence-corrected chi connectivity index (χ3v) is 8.39. The van der Waals surface area contributed by atoms with E-state index in [1.165, 1.54) is 5.56 Å². The number of anilines is 2. The number of carbonyl (C=O) groups is 1. The predicted octanol–water partition coefficient (Wildman–Crippen LogP) is 5.59. The summed E-state index contributed by atoms with van der Waals surface area (Å²) in [6, 6.07) is 13.7. The molecule has 5 heterocycles. The lowest BCUT2D eigenvalue weighted by atomic mass is 9.90. The number of piperidine rings is 2. The number of amides is 1. The number of aromatic nitrogens is 5. The van der Waals surface area contributed by atoms with E-state index in [2.05, 4.69) is 37.2 Å². The summed E-state index contributed by atoms with van der Waals surface area (Å²) in [4.78, 5) is 21.4. The number of aromatic hydroxyl groups is 1. The number of nitrogens with one attached hydrogen (secondary N) is 1. The first-order valence-corrected chi connectivity index (χ1v) is 15.1. The zero-order valence-electron chi connectivity index (χ0n) is 25.3. The molecule has 0 aliphatic carbocycles. The molecule has 0 atom stereocenters. The fraction of sp³-hybridized carbons (Fsp3) is 0.469. The molecule has 0 saturated carbocycles. The number of benzene rings is 1. The normalized spacial score (nSPS) is 16.9. The molecule has 43 heavy (non-hydrogen) atoms. The molecular weight excluding hydrogens is 544 g/mol. The molecule has 0 bridgehead atoms. The number of para-hydroxylation sites is 1. The Morgan fingerprint density at radius 3 is 2.40 bits per heavy atom. The summed E-state index contributed by atoms with van der Waals surface area (Å²) in [5.41, 5.74) is 3.64. The van der Waals surface area contributed by atoms with E-state index in [0.717, 1.165) is 55.6 Å². The fourth-order valence-electron chi connectivity index (χ4n) is 6.09. The highest BCUT2D eigenvalue weighted by Crippen LogP contribution is 2.34. The smallest absolute Gasteiger partial charge is 0.410 e. The minimum absolute atomic E-state index is 0.175. The van der Waals surface area contributed by atoms with Crippen molar-refractivity contribution in [1.82, 2.24) is 29.9 Å². The molecule has 11 heteroatoms. The Labute approximate surface area is 251 Å². The van der Waals surface area contributed by atoms with Gasteiger partial charge >= 0.3 is 6.09 Å². The van der Waals surface area contributed by atoms with Crippen molar-refractivity contribution in [3.63, 3.8) is 0 Å². The first-order chi connectivity index (χ1) is 20.7. The van der Waals surface area contributed by atoms with E-state index >= 15 is 0 Å². The number of likely N-dealkylation sites (tertiary alicyclic amines) is 1. The van der Waals surface area contributed by atoms with Crippen molar-refractivity contribution in [2.45, 2.75) is 64.0 Å². The fourth-order valence-corrected chi connectivity index (χ4v) is 6.09. The molecule has 0 radical (unpaired) electrons. The molecule has 0 spiro atoms. The summed E-state index contributed by atoms with van der Waals surface area (Å²) in [7, 11) is 1.84. The maximum Gasteiger partial charge on any atom is 0.410 e. The first-order valence-electron chi connectivity index (χ1n) is 15.1. The van der Waals surface area contributed by atoms with E-state index in [1.807, 2.05) is 57.1 Å². The van der Waals surface area contributed by atoms with Crippen LogP contribution in [0.1, 0.15) is 64.0 Å². The number of pyridine rings is 1. The molecule has 0 unspecified atom stereocenters. The van der Waals surface area contributed by atoms with Crippen LogP contribution in [0, 0.1) is 0 Å². The molecule has 226 valence electrons. The second-order valence-corrected chi connectivity index (χ2v) is 12.4. The highest BCUT2D eigenvalue weighted by atomic mass is 16.6. The molecule has 2 fully saturated rings. The van der Waals surface area contributed by atoms with Crippen LogP contribution in [0.3, 0.4) is 0 Å². The highest BCUT2D eigenvalue weighted by molar-refractivity contribution is 5.88. The lowest BCUT2D eigenvalue weighted by molar-refractivity contribution is 0.0205. The Balaban J connectivity index is 1.10. The molecule has 2 aliphatic heterocycles. The van der Waals surface area contributed by atoms with Gasteiger partial charge < -0.3 is 25.0 Å². The zero-order chi connectivity index (χ0) is 30.1. The van der Waals surface area contributed by atoms with Gasteiger partial charge in [0.1, 0.15) is 17.2 Å². The SMILES string of the molecule is CNc1nn(C2CCN(c3ccc(C4CCN(C(=O)OC(C)(C)C)CC4)cn3)CC2)c2cc(-c3ccccc3O)nnc12. The molecule has 4 aromatic rings. The van der Waals surface area contributed by atoms with Gasteiger partial charge in [-0.25, -0.2) is 9.78 Å². The predicted molar refractivity (Wildman–Crippen MR) is 166 cm³/mol. The number of nitrogens with zero attached hydrogens (tertiary/aromatic N) is 7. The first kappa shape index (κ1) is 28.7. The van der Waals surface area contributed by atoms with Gasteiger partial charge in [0.2, 0.25) is 0 Å². The summed E-state index contributed by atoms with van der Waals surface area (Å²) in [5, 5.41) is 27.2. The average Bonchev–Trinajstić information content (AvgIpc) is 3.39. The van der Waals surface area contributed by atoms with Gasteiger partial charge in [0.15, 0.2) is 11.3 Å². The van der Waals surface area contributed by atoms with Gasteiger partial charge in [0.05, 0.1) is 17.3 Å². The Morgan fingerprint density at radius 1 is 1.00 bits per heavy atom. The van der Waals surface area contributed by atoms with Crippen LogP contribution in [0.5, 0.6) is 5.75 Å². The number of fused-ring (bicyclic) bond motifs is 1. The Bertz CT molecular complexity index is 1580. The maximum atomic E-state index is 12.4. The molecule has 1 amide bonds. The Kier molecular flexibility index (Phi) is 7.81. The molecule has 3 aromatic heterocycles. The van der Waals surface area contributed by atoms with Crippen LogP contribution in [-0.2, 0) is 4.74 Å². The third kappa shape index (κ3) is 6.07. The summed E-state index contributed by atoms with van der Waals surface area (Å²) in [5.74, 6) is 2.26. The summed E-state index contributed by atoms with van der Waals surface area (Å²) < 4.78 is 7.60. The number of rotatable bonds is 5. The lowest BCUT2D eigenvalue weighted by Gasteiger charge is -2.34. The summed E-state index contributed by atoms with van der Waals surface area (Å²) in [6.07, 6.45) is 5.44. The van der Waals surface area contributed by atoms with E-state index in [0.29, 0.717) is 36.1 Å². The van der Waals surface area contributed by atoms with Crippen molar-refractivity contribution in [1.29, 1.82) is 0 Å². The standard InChI is InChI=1S/C32H40N8O3/c1-32(2,3)43-31(42)39-15-11-21(12-16-39)22-9-10-28(34-20-22)38-17-13-23(14-18-38)40-26-19-25(24-7-5-6-8-27(24)41)35-36-29(26)30(33-4)37-40/h5-10,19-21,23,41H,11-18H2,1-4H3,(H,33,37). The van der Waals surface area contributed by atoms with Gasteiger partial charge in [-0.3, -0.25) is 4.68 Å². The molecular formula is C32H40N8O3. The van der Waals surface area contributed by atoms with Gasteiger partial charge in [-0.05, 0) is 82.2 Å². The molecule has 2 aliphatic rings. The minimum Gasteiger partial charge on any atom is -0.507 e. The van der Waals surface area contributed by atoms with Crippen LogP contribution in [0.25, 0.3) is 22.3 Å². The topological polar surface area (TPSA) is 122 Å². The minimum atomic E-state index is -0.477. The van der Waals surface area contributed by atoms with Gasteiger partial charge in [-0.1, -0.05) is 18.2 Å². The van der Waals surface area contributed by atoms with Crippen LogP contribution >= 0.6 is 0 Å². The van der Waals surface area contributed by atoms with Crippen molar-refractivity contribution < 1.29 is 14.6 Å². The third-order valence-electron chi connectivity index (χ3n) is 8.39. The summed E-state index contributed by atoms with van der Waals surface area (Å²) in [6.45, 7) is 8.83. The molecule has 1 aromatic carbocycles.